The summed E-state index contributed by atoms with van der Waals surface area (Å²) in [5.74, 6) is -0.636. The van der Waals surface area contributed by atoms with Gasteiger partial charge in [0.15, 0.2) is 18.1 Å². The topological polar surface area (TPSA) is 112 Å². The number of methoxy groups -OCH3 is 2. The van der Waals surface area contributed by atoms with Gasteiger partial charge >= 0.3 is 5.97 Å². The third-order valence-corrected chi connectivity index (χ3v) is 6.35. The van der Waals surface area contributed by atoms with Crippen molar-refractivity contribution in [1.82, 2.24) is 9.80 Å². The highest BCUT2D eigenvalue weighted by Crippen LogP contribution is 2.37. The van der Waals surface area contributed by atoms with Crippen LogP contribution in [-0.2, 0) is 23.9 Å². The van der Waals surface area contributed by atoms with E-state index in [1.54, 1.807) is 23.1 Å². The first-order valence-electron chi connectivity index (χ1n) is 9.52. The van der Waals surface area contributed by atoms with Crippen LogP contribution in [0.25, 0.3) is 6.08 Å². The summed E-state index contributed by atoms with van der Waals surface area (Å²) < 4.78 is 21.2. The molecule has 0 spiro atoms. The van der Waals surface area contributed by atoms with E-state index in [1.165, 1.54) is 14.2 Å². The Morgan fingerprint density at radius 1 is 1.22 bits per heavy atom. The van der Waals surface area contributed by atoms with Gasteiger partial charge in [-0.25, -0.2) is 4.79 Å². The smallest absolute Gasteiger partial charge is 0.343 e. The van der Waals surface area contributed by atoms with Gasteiger partial charge in [-0.3, -0.25) is 19.3 Å². The molecule has 32 heavy (non-hydrogen) atoms. The summed E-state index contributed by atoms with van der Waals surface area (Å²) in [5.41, 5.74) is 0.599. The van der Waals surface area contributed by atoms with E-state index >= 15 is 0 Å². The molecule has 1 aromatic rings. The molecule has 1 aromatic carbocycles. The first kappa shape index (κ1) is 24.3. The van der Waals surface area contributed by atoms with Crippen molar-refractivity contribution in [3.8, 4) is 11.5 Å². The summed E-state index contributed by atoms with van der Waals surface area (Å²) in [6, 6.07) is 3.35. The lowest BCUT2D eigenvalue weighted by atomic mass is 10.2. The number of benzene rings is 1. The Bertz CT molecular complexity index is 961. The van der Waals surface area contributed by atoms with E-state index in [0.29, 0.717) is 46.9 Å². The van der Waals surface area contributed by atoms with E-state index in [9.17, 15) is 19.2 Å². The van der Waals surface area contributed by atoms with Crippen LogP contribution in [0.5, 0.6) is 11.5 Å². The van der Waals surface area contributed by atoms with Crippen LogP contribution in [0.4, 0.5) is 4.79 Å². The first-order valence-corrected chi connectivity index (χ1v) is 11.4. The van der Waals surface area contributed by atoms with Crippen molar-refractivity contribution in [2.45, 2.75) is 0 Å². The molecule has 3 amide bonds. The van der Waals surface area contributed by atoms with Gasteiger partial charge in [0.2, 0.25) is 5.91 Å². The van der Waals surface area contributed by atoms with E-state index in [4.69, 9.17) is 14.2 Å². The zero-order valence-corrected chi connectivity index (χ0v) is 20.4. The summed E-state index contributed by atoms with van der Waals surface area (Å²) in [4.78, 5) is 51.7. The molecule has 2 heterocycles. The van der Waals surface area contributed by atoms with E-state index in [-0.39, 0.29) is 24.0 Å². The van der Waals surface area contributed by atoms with E-state index < -0.39 is 17.1 Å². The summed E-state index contributed by atoms with van der Waals surface area (Å²) in [6.07, 6.45) is 1.55. The fourth-order valence-corrected chi connectivity index (χ4v) is 4.61. The number of ether oxygens (including phenoxy) is 4. The average Bonchev–Trinajstić information content (AvgIpc) is 3.05. The van der Waals surface area contributed by atoms with Gasteiger partial charge in [0, 0.05) is 13.1 Å². The number of halogens is 1. The number of rotatable bonds is 7. The second-order valence-electron chi connectivity index (χ2n) is 6.66. The van der Waals surface area contributed by atoms with Crippen molar-refractivity contribution in [2.24, 2.45) is 0 Å². The highest BCUT2D eigenvalue weighted by Gasteiger charge is 2.37. The summed E-state index contributed by atoms with van der Waals surface area (Å²) >= 11 is 2.79. The second kappa shape index (κ2) is 11.0. The number of amides is 3. The van der Waals surface area contributed by atoms with Gasteiger partial charge in [0.1, 0.15) is 6.54 Å². The molecule has 0 aliphatic carbocycles. The molecule has 0 N–H and O–H groups in total. The van der Waals surface area contributed by atoms with Crippen LogP contribution in [0.15, 0.2) is 17.0 Å². The normalized spacial score (nSPS) is 17.7. The number of hydrogen-bond donors (Lipinski definition) is 0. The summed E-state index contributed by atoms with van der Waals surface area (Å²) in [5, 5.41) is -0.498. The lowest BCUT2D eigenvalue weighted by Crippen LogP contribution is -2.46. The third kappa shape index (κ3) is 5.72. The van der Waals surface area contributed by atoms with Crippen molar-refractivity contribution < 1.29 is 38.1 Å². The lowest BCUT2D eigenvalue weighted by molar-refractivity contribution is -0.143. The average molecular weight is 576 g/mol. The Kier molecular flexibility index (Phi) is 8.37. The van der Waals surface area contributed by atoms with Crippen LogP contribution in [0.2, 0.25) is 0 Å². The van der Waals surface area contributed by atoms with Gasteiger partial charge in [-0.15, -0.1) is 0 Å². The van der Waals surface area contributed by atoms with Gasteiger partial charge in [-0.1, -0.05) is 0 Å². The van der Waals surface area contributed by atoms with E-state index in [0.717, 1.165) is 16.7 Å². The predicted molar refractivity (Wildman–Crippen MR) is 123 cm³/mol. The van der Waals surface area contributed by atoms with Crippen LogP contribution >= 0.6 is 34.4 Å². The molecule has 0 radical (unpaired) electrons. The Hall–Kier alpha value is -2.32. The molecule has 2 fully saturated rings. The lowest BCUT2D eigenvalue weighted by Gasteiger charge is -2.28. The number of hydrogen-bond acceptors (Lipinski definition) is 9. The van der Waals surface area contributed by atoms with Gasteiger partial charge < -0.3 is 23.8 Å². The number of morpholine rings is 1. The van der Waals surface area contributed by atoms with Crippen molar-refractivity contribution in [2.75, 3.05) is 53.7 Å². The quantitative estimate of drug-likeness (QED) is 0.272. The Balaban J connectivity index is 1.75. The van der Waals surface area contributed by atoms with Crippen LogP contribution in [0.3, 0.4) is 0 Å². The molecule has 0 unspecified atom stereocenters. The maximum absolute atomic E-state index is 12.8. The minimum Gasteiger partial charge on any atom is -0.493 e. The fraction of sp³-hybridized carbons (Fsp3) is 0.400. The van der Waals surface area contributed by atoms with E-state index in [1.807, 2.05) is 22.6 Å². The maximum Gasteiger partial charge on any atom is 0.343 e. The largest absolute Gasteiger partial charge is 0.493 e. The number of nitrogens with zero attached hydrogens (tertiary/aromatic N) is 2. The van der Waals surface area contributed by atoms with Crippen molar-refractivity contribution >= 4 is 63.5 Å². The molecular weight excluding hydrogens is 555 g/mol. The number of esters is 1. The Morgan fingerprint density at radius 2 is 1.94 bits per heavy atom. The molecule has 0 bridgehead atoms. The highest BCUT2D eigenvalue weighted by molar-refractivity contribution is 14.1. The van der Waals surface area contributed by atoms with Gasteiger partial charge in [0.25, 0.3) is 11.1 Å². The summed E-state index contributed by atoms with van der Waals surface area (Å²) in [7, 11) is 2.71. The minimum absolute atomic E-state index is 0.200. The zero-order valence-electron chi connectivity index (χ0n) is 17.4. The Morgan fingerprint density at radius 3 is 2.59 bits per heavy atom. The zero-order chi connectivity index (χ0) is 23.3. The summed E-state index contributed by atoms with van der Waals surface area (Å²) in [6.45, 7) is 1.17. The first-order chi connectivity index (χ1) is 15.3. The van der Waals surface area contributed by atoms with Gasteiger partial charge in [-0.2, -0.15) is 0 Å². The number of imide groups is 1. The molecule has 172 valence electrons. The van der Waals surface area contributed by atoms with Gasteiger partial charge in [0.05, 0.1) is 35.9 Å². The maximum atomic E-state index is 12.8. The van der Waals surface area contributed by atoms with Crippen molar-refractivity contribution in [3.05, 3.63) is 26.2 Å². The second-order valence-corrected chi connectivity index (χ2v) is 8.82. The standard InChI is InChI=1S/C20H21IN2O8S/c1-28-14-8-12(7-13(21)18(14)31-11-17(25)29-2)9-15-19(26)23(20(27)32-15)10-16(24)22-3-5-30-6-4-22/h7-9H,3-6,10-11H2,1-2H3/b15-9+. The number of thioether (sulfide) groups is 1. The molecule has 2 aliphatic heterocycles. The van der Waals surface area contributed by atoms with Crippen LogP contribution in [-0.4, -0.2) is 86.5 Å². The Labute approximate surface area is 202 Å². The van der Waals surface area contributed by atoms with Crippen LogP contribution < -0.4 is 9.47 Å². The van der Waals surface area contributed by atoms with Crippen LogP contribution in [0, 0.1) is 3.57 Å². The molecule has 2 aliphatic rings. The predicted octanol–water partition coefficient (Wildman–Crippen LogP) is 1.75. The SMILES string of the molecule is COC(=O)COc1c(I)cc(/C=C2/SC(=O)N(CC(=O)N3CCOCC3)C2=O)cc1OC. The molecule has 3 rings (SSSR count). The molecule has 0 atom stereocenters. The minimum atomic E-state index is -0.535. The molecule has 12 heteroatoms. The van der Waals surface area contributed by atoms with E-state index in [2.05, 4.69) is 4.74 Å². The molecule has 2 saturated heterocycles. The molecular formula is C20H21IN2O8S. The monoisotopic (exact) mass is 576 g/mol. The molecule has 0 aromatic heterocycles. The van der Waals surface area contributed by atoms with Crippen LogP contribution in [0.1, 0.15) is 5.56 Å². The number of carbonyl (C=O) groups excluding carboxylic acids is 4. The molecule has 0 saturated carbocycles. The fourth-order valence-electron chi connectivity index (χ4n) is 2.99. The van der Waals surface area contributed by atoms with Crippen molar-refractivity contribution in [3.63, 3.8) is 0 Å². The highest BCUT2D eigenvalue weighted by atomic mass is 127. The third-order valence-electron chi connectivity index (χ3n) is 4.64. The molecule has 10 nitrogen and oxygen atoms in total. The number of carbonyl (C=O) groups is 4. The van der Waals surface area contributed by atoms with Crippen molar-refractivity contribution in [1.29, 1.82) is 0 Å². The van der Waals surface area contributed by atoms with Gasteiger partial charge in [-0.05, 0) is 58.1 Å².